The van der Waals surface area contributed by atoms with Crippen LogP contribution in [0, 0.1) is 5.92 Å². The molecular formula is C11H22ClNO2S. The molecule has 0 aromatic rings. The Morgan fingerprint density at radius 2 is 1.81 bits per heavy atom. The summed E-state index contributed by atoms with van der Waals surface area (Å²) in [5, 5.41) is 0. The van der Waals surface area contributed by atoms with Gasteiger partial charge in [0.05, 0.1) is 5.75 Å². The minimum atomic E-state index is -3.19. The van der Waals surface area contributed by atoms with E-state index in [-0.39, 0.29) is 17.2 Å². The first kappa shape index (κ1) is 14.3. The predicted octanol–water partition coefficient (Wildman–Crippen LogP) is 2.50. The molecule has 1 saturated carbocycles. The summed E-state index contributed by atoms with van der Waals surface area (Å²) < 4.78 is 26.6. The molecule has 0 spiro atoms. The second kappa shape index (κ2) is 5.69. The number of rotatable bonds is 5. The zero-order valence-electron chi connectivity index (χ0n) is 10.1. The van der Waals surface area contributed by atoms with Crippen molar-refractivity contribution in [1.29, 1.82) is 0 Å². The van der Waals surface area contributed by atoms with Crippen LogP contribution in [-0.2, 0) is 10.0 Å². The molecule has 0 aliphatic heterocycles. The van der Waals surface area contributed by atoms with Crippen LogP contribution >= 0.6 is 11.6 Å². The maximum Gasteiger partial charge on any atom is 0.212 e. The first-order valence-electron chi connectivity index (χ1n) is 5.97. The molecule has 0 unspecified atom stereocenters. The second-order valence-corrected chi connectivity index (χ2v) is 7.29. The van der Waals surface area contributed by atoms with Crippen LogP contribution in [0.3, 0.4) is 0 Å². The van der Waals surface area contributed by atoms with Crippen molar-refractivity contribution >= 4 is 21.6 Å². The summed E-state index contributed by atoms with van der Waals surface area (Å²) in [4.78, 5) is 0. The Bertz CT molecular complexity index is 308. The third-order valence-electron chi connectivity index (χ3n) is 2.99. The van der Waals surface area contributed by atoms with Crippen LogP contribution in [0.1, 0.15) is 46.0 Å². The highest BCUT2D eigenvalue weighted by atomic mass is 35.5. The molecule has 1 aliphatic rings. The van der Waals surface area contributed by atoms with Gasteiger partial charge in [0, 0.05) is 11.4 Å². The summed E-state index contributed by atoms with van der Waals surface area (Å²) >= 11 is 5.95. The van der Waals surface area contributed by atoms with Gasteiger partial charge in [-0.25, -0.2) is 13.1 Å². The fourth-order valence-electron chi connectivity index (χ4n) is 2.30. The number of alkyl halides is 1. The third kappa shape index (κ3) is 4.22. The minimum Gasteiger partial charge on any atom is -0.212 e. The highest BCUT2D eigenvalue weighted by Crippen LogP contribution is 2.30. The van der Waals surface area contributed by atoms with E-state index in [2.05, 4.69) is 4.72 Å². The van der Waals surface area contributed by atoms with Gasteiger partial charge >= 0.3 is 0 Å². The molecule has 3 nitrogen and oxygen atoms in total. The van der Waals surface area contributed by atoms with Crippen molar-refractivity contribution in [1.82, 2.24) is 4.72 Å². The van der Waals surface area contributed by atoms with Crippen LogP contribution in [-0.4, -0.2) is 25.6 Å². The molecule has 0 atom stereocenters. The molecule has 0 aromatic carbocycles. The topological polar surface area (TPSA) is 46.2 Å². The Balaban J connectivity index is 2.68. The van der Waals surface area contributed by atoms with Gasteiger partial charge in [-0.05, 0) is 18.8 Å². The van der Waals surface area contributed by atoms with Crippen molar-refractivity contribution < 1.29 is 8.42 Å². The average molecular weight is 268 g/mol. The van der Waals surface area contributed by atoms with Crippen LogP contribution in [0.25, 0.3) is 0 Å². The molecule has 0 amide bonds. The molecule has 1 fully saturated rings. The normalized spacial score (nSPS) is 21.2. The Morgan fingerprint density at radius 3 is 2.25 bits per heavy atom. The summed E-state index contributed by atoms with van der Waals surface area (Å²) in [5.41, 5.74) is -0.381. The highest BCUT2D eigenvalue weighted by molar-refractivity contribution is 7.89. The molecule has 0 saturated heterocycles. The number of halogens is 1. The fraction of sp³-hybridized carbons (Fsp3) is 1.00. The lowest BCUT2D eigenvalue weighted by molar-refractivity contribution is 0.297. The van der Waals surface area contributed by atoms with E-state index in [1.165, 1.54) is 6.42 Å². The largest absolute Gasteiger partial charge is 0.212 e. The Hall–Kier alpha value is 0.200. The molecule has 1 aliphatic carbocycles. The monoisotopic (exact) mass is 267 g/mol. The van der Waals surface area contributed by atoms with Gasteiger partial charge in [0.1, 0.15) is 0 Å². The minimum absolute atomic E-state index is 0.147. The van der Waals surface area contributed by atoms with E-state index in [0.717, 1.165) is 25.7 Å². The van der Waals surface area contributed by atoms with E-state index < -0.39 is 10.0 Å². The molecule has 5 heteroatoms. The number of hydrogen-bond acceptors (Lipinski definition) is 2. The summed E-state index contributed by atoms with van der Waals surface area (Å²) in [6.07, 6.45) is 5.06. The molecule has 0 heterocycles. The van der Waals surface area contributed by atoms with Crippen LogP contribution in [0.15, 0.2) is 0 Å². The van der Waals surface area contributed by atoms with E-state index in [1.807, 2.05) is 13.8 Å². The van der Waals surface area contributed by atoms with Gasteiger partial charge in [0.15, 0.2) is 0 Å². The van der Waals surface area contributed by atoms with E-state index in [9.17, 15) is 8.42 Å². The lowest BCUT2D eigenvalue weighted by Crippen LogP contribution is -2.52. The zero-order chi connectivity index (χ0) is 12.2. The molecule has 0 radical (unpaired) electrons. The Labute approximate surface area is 104 Å². The van der Waals surface area contributed by atoms with Gasteiger partial charge in [0.2, 0.25) is 10.0 Å². The highest BCUT2D eigenvalue weighted by Gasteiger charge is 2.35. The maximum absolute atomic E-state index is 11.9. The maximum atomic E-state index is 11.9. The van der Waals surface area contributed by atoms with Gasteiger partial charge in [-0.15, -0.1) is 11.6 Å². The SMILES string of the molecule is CC(C)CS(=O)(=O)NC1(CCl)CCCCC1. The Kier molecular flexibility index (Phi) is 5.08. The Morgan fingerprint density at radius 1 is 1.25 bits per heavy atom. The molecule has 1 rings (SSSR count). The van der Waals surface area contributed by atoms with Crippen molar-refractivity contribution in [2.24, 2.45) is 5.92 Å². The quantitative estimate of drug-likeness (QED) is 0.778. The van der Waals surface area contributed by atoms with Crippen molar-refractivity contribution in [2.45, 2.75) is 51.5 Å². The van der Waals surface area contributed by atoms with Gasteiger partial charge < -0.3 is 0 Å². The van der Waals surface area contributed by atoms with Crippen LogP contribution < -0.4 is 4.72 Å². The summed E-state index contributed by atoms with van der Waals surface area (Å²) in [5.74, 6) is 0.712. The van der Waals surface area contributed by atoms with Crippen LogP contribution in [0.2, 0.25) is 0 Å². The van der Waals surface area contributed by atoms with Gasteiger partial charge in [-0.3, -0.25) is 0 Å². The smallest absolute Gasteiger partial charge is 0.212 e. The second-order valence-electron chi connectivity index (χ2n) is 5.25. The van der Waals surface area contributed by atoms with Gasteiger partial charge in [-0.1, -0.05) is 33.1 Å². The predicted molar refractivity (Wildman–Crippen MR) is 68.3 cm³/mol. The molecule has 1 N–H and O–H groups in total. The van der Waals surface area contributed by atoms with E-state index >= 15 is 0 Å². The lowest BCUT2D eigenvalue weighted by atomic mass is 9.84. The standard InChI is InChI=1S/C11H22ClNO2S/c1-10(2)8-16(14,15)13-11(9-12)6-4-3-5-7-11/h10,13H,3-9H2,1-2H3. The van der Waals surface area contributed by atoms with E-state index in [1.54, 1.807) is 0 Å². The fourth-order valence-corrected chi connectivity index (χ4v) is 4.61. The zero-order valence-corrected chi connectivity index (χ0v) is 11.7. The molecule has 0 aromatic heterocycles. The lowest BCUT2D eigenvalue weighted by Gasteiger charge is -2.36. The summed E-state index contributed by atoms with van der Waals surface area (Å²) in [6, 6.07) is 0. The first-order chi connectivity index (χ1) is 7.39. The van der Waals surface area contributed by atoms with E-state index in [0.29, 0.717) is 5.88 Å². The molecule has 16 heavy (non-hydrogen) atoms. The van der Waals surface area contributed by atoms with Crippen molar-refractivity contribution in [3.05, 3.63) is 0 Å². The summed E-state index contributed by atoms with van der Waals surface area (Å²) in [7, 11) is -3.19. The molecule has 0 bridgehead atoms. The molecule has 96 valence electrons. The van der Waals surface area contributed by atoms with Crippen molar-refractivity contribution in [3.63, 3.8) is 0 Å². The van der Waals surface area contributed by atoms with E-state index in [4.69, 9.17) is 11.6 Å². The van der Waals surface area contributed by atoms with Crippen LogP contribution in [0.5, 0.6) is 0 Å². The number of sulfonamides is 1. The molecular weight excluding hydrogens is 246 g/mol. The average Bonchev–Trinajstić information content (AvgIpc) is 2.16. The number of hydrogen-bond donors (Lipinski definition) is 1. The van der Waals surface area contributed by atoms with Gasteiger partial charge in [-0.2, -0.15) is 0 Å². The van der Waals surface area contributed by atoms with Crippen molar-refractivity contribution in [2.75, 3.05) is 11.6 Å². The number of nitrogens with one attached hydrogen (secondary N) is 1. The van der Waals surface area contributed by atoms with Gasteiger partial charge in [0.25, 0.3) is 0 Å². The van der Waals surface area contributed by atoms with Crippen LogP contribution in [0.4, 0.5) is 0 Å². The first-order valence-corrected chi connectivity index (χ1v) is 8.15. The van der Waals surface area contributed by atoms with Crippen molar-refractivity contribution in [3.8, 4) is 0 Å². The summed E-state index contributed by atoms with van der Waals surface area (Å²) in [6.45, 7) is 3.82. The third-order valence-corrected chi connectivity index (χ3v) is 5.35.